The first-order valence-electron chi connectivity index (χ1n) is 10.1. The zero-order chi connectivity index (χ0) is 21.3. The largest absolute Gasteiger partial charge is 0.356 e. The smallest absolute Gasteiger partial charge is 0.227 e. The Hall–Kier alpha value is -2.33. The van der Waals surface area contributed by atoms with Crippen molar-refractivity contribution in [3.05, 3.63) is 47.2 Å². The molecule has 0 aliphatic carbocycles. The molecule has 162 valence electrons. The fourth-order valence-corrected chi connectivity index (χ4v) is 5.41. The Bertz CT molecular complexity index is 1020. The van der Waals surface area contributed by atoms with E-state index in [1.54, 1.807) is 0 Å². The highest BCUT2D eigenvalue weighted by Gasteiger charge is 2.29. The predicted octanol–water partition coefficient (Wildman–Crippen LogP) is 2.32. The van der Waals surface area contributed by atoms with E-state index in [1.807, 2.05) is 17.9 Å². The van der Waals surface area contributed by atoms with Crippen LogP contribution in [0.3, 0.4) is 0 Å². The third-order valence-electron chi connectivity index (χ3n) is 5.52. The third kappa shape index (κ3) is 4.54. The van der Waals surface area contributed by atoms with Crippen molar-refractivity contribution in [1.29, 1.82) is 0 Å². The van der Waals surface area contributed by atoms with Gasteiger partial charge in [-0.3, -0.25) is 0 Å². The van der Waals surface area contributed by atoms with Crippen molar-refractivity contribution in [1.82, 2.24) is 14.3 Å². The van der Waals surface area contributed by atoms with Crippen molar-refractivity contribution >= 4 is 21.8 Å². The van der Waals surface area contributed by atoms with E-state index in [4.69, 9.17) is 4.98 Å². The molecule has 4 rings (SSSR count). The normalized spacial score (nSPS) is 18.2. The standard InChI is InChI=1S/C20H25F2N5O2S/c1-15-12-19(25-6-2-3-7-25)24-20(23-15)26-8-10-27(11-9-26)30(28,29)14-16-13-17(21)4-5-18(16)22/h4-5,12-13H,2-3,6-11,14H2,1H3. The molecule has 1 aromatic heterocycles. The molecule has 2 fully saturated rings. The molecule has 0 bridgehead atoms. The van der Waals surface area contributed by atoms with E-state index in [1.165, 1.54) is 4.31 Å². The zero-order valence-corrected chi connectivity index (χ0v) is 17.7. The Balaban J connectivity index is 1.44. The molecule has 1 aromatic carbocycles. The molecule has 0 unspecified atom stereocenters. The second kappa shape index (κ2) is 8.43. The number of rotatable bonds is 5. The molecular weight excluding hydrogens is 412 g/mol. The lowest BCUT2D eigenvalue weighted by Crippen LogP contribution is -2.49. The minimum Gasteiger partial charge on any atom is -0.356 e. The Morgan fingerprint density at radius 1 is 0.933 bits per heavy atom. The van der Waals surface area contributed by atoms with Crippen LogP contribution in [0.1, 0.15) is 24.1 Å². The van der Waals surface area contributed by atoms with Gasteiger partial charge in [0.05, 0.1) is 5.75 Å². The maximum Gasteiger partial charge on any atom is 0.227 e. The number of aryl methyl sites for hydroxylation is 1. The monoisotopic (exact) mass is 437 g/mol. The van der Waals surface area contributed by atoms with E-state index in [2.05, 4.69) is 9.88 Å². The topological polar surface area (TPSA) is 69.6 Å². The number of hydrogen-bond donors (Lipinski definition) is 0. The second-order valence-corrected chi connectivity index (χ2v) is 9.71. The number of hydrogen-bond acceptors (Lipinski definition) is 6. The first-order chi connectivity index (χ1) is 14.3. The number of sulfonamides is 1. The van der Waals surface area contributed by atoms with Crippen molar-refractivity contribution in [2.75, 3.05) is 49.1 Å². The minimum absolute atomic E-state index is 0.158. The van der Waals surface area contributed by atoms with Gasteiger partial charge in [0.25, 0.3) is 0 Å². The quantitative estimate of drug-likeness (QED) is 0.715. The number of piperazine rings is 1. The van der Waals surface area contributed by atoms with Crippen molar-refractivity contribution < 1.29 is 17.2 Å². The Kier molecular flexibility index (Phi) is 5.88. The molecule has 0 amide bonds. The van der Waals surface area contributed by atoms with E-state index < -0.39 is 27.4 Å². The van der Waals surface area contributed by atoms with Crippen molar-refractivity contribution in [3.8, 4) is 0 Å². The van der Waals surface area contributed by atoms with Crippen molar-refractivity contribution in [2.45, 2.75) is 25.5 Å². The van der Waals surface area contributed by atoms with Gasteiger partial charge in [0.15, 0.2) is 0 Å². The van der Waals surface area contributed by atoms with Crippen LogP contribution in [-0.2, 0) is 15.8 Å². The average molecular weight is 438 g/mol. The summed E-state index contributed by atoms with van der Waals surface area (Å²) in [6.45, 7) is 5.27. The number of aromatic nitrogens is 2. The summed E-state index contributed by atoms with van der Waals surface area (Å²) in [5.74, 6) is -0.425. The lowest BCUT2D eigenvalue weighted by atomic mass is 10.2. The molecule has 0 radical (unpaired) electrons. The van der Waals surface area contributed by atoms with E-state index in [-0.39, 0.29) is 18.7 Å². The van der Waals surface area contributed by atoms with Gasteiger partial charge in [-0.15, -0.1) is 0 Å². The molecule has 2 aliphatic rings. The molecule has 0 spiro atoms. The van der Waals surface area contributed by atoms with Gasteiger partial charge in [-0.25, -0.2) is 22.2 Å². The summed E-state index contributed by atoms with van der Waals surface area (Å²) < 4.78 is 54.0. The molecule has 2 aliphatic heterocycles. The van der Waals surface area contributed by atoms with Crippen LogP contribution in [0.4, 0.5) is 20.5 Å². The van der Waals surface area contributed by atoms with Crippen LogP contribution in [0.2, 0.25) is 0 Å². The van der Waals surface area contributed by atoms with Gasteiger partial charge in [-0.1, -0.05) is 0 Å². The predicted molar refractivity (Wildman–Crippen MR) is 111 cm³/mol. The van der Waals surface area contributed by atoms with E-state index >= 15 is 0 Å². The van der Waals surface area contributed by atoms with Gasteiger partial charge in [0.1, 0.15) is 17.5 Å². The SMILES string of the molecule is Cc1cc(N2CCCC2)nc(N2CCN(S(=O)(=O)Cc3cc(F)ccc3F)CC2)n1. The van der Waals surface area contributed by atoms with Gasteiger partial charge in [-0.2, -0.15) is 9.29 Å². The summed E-state index contributed by atoms with van der Waals surface area (Å²) in [7, 11) is -3.76. The molecule has 7 nitrogen and oxygen atoms in total. The van der Waals surface area contributed by atoms with Crippen molar-refractivity contribution in [3.63, 3.8) is 0 Å². The van der Waals surface area contributed by atoms with Gasteiger partial charge >= 0.3 is 0 Å². The summed E-state index contributed by atoms with van der Waals surface area (Å²) in [6.07, 6.45) is 2.31. The molecule has 0 atom stereocenters. The average Bonchev–Trinajstić information content (AvgIpc) is 3.25. The maximum atomic E-state index is 13.9. The second-order valence-electron chi connectivity index (χ2n) is 7.74. The van der Waals surface area contributed by atoms with Crippen LogP contribution in [0.5, 0.6) is 0 Å². The molecule has 0 saturated carbocycles. The van der Waals surface area contributed by atoms with Gasteiger partial charge in [0, 0.05) is 56.6 Å². The third-order valence-corrected chi connectivity index (χ3v) is 7.35. The number of anilines is 2. The summed E-state index contributed by atoms with van der Waals surface area (Å²) in [6, 6.07) is 4.83. The highest BCUT2D eigenvalue weighted by atomic mass is 32.2. The summed E-state index contributed by atoms with van der Waals surface area (Å²) in [5, 5.41) is 0. The van der Waals surface area contributed by atoms with Crippen LogP contribution < -0.4 is 9.80 Å². The minimum atomic E-state index is -3.76. The first kappa shape index (κ1) is 20.9. The number of nitrogens with zero attached hydrogens (tertiary/aromatic N) is 5. The highest BCUT2D eigenvalue weighted by Crippen LogP contribution is 2.23. The lowest BCUT2D eigenvalue weighted by molar-refractivity contribution is 0.381. The summed E-state index contributed by atoms with van der Waals surface area (Å²) >= 11 is 0. The molecule has 10 heteroatoms. The van der Waals surface area contributed by atoms with E-state index in [9.17, 15) is 17.2 Å². The Morgan fingerprint density at radius 3 is 2.33 bits per heavy atom. The molecule has 3 heterocycles. The summed E-state index contributed by atoms with van der Waals surface area (Å²) in [4.78, 5) is 13.4. The molecule has 2 saturated heterocycles. The van der Waals surface area contributed by atoms with Crippen molar-refractivity contribution in [2.24, 2.45) is 0 Å². The van der Waals surface area contributed by atoms with Gasteiger partial charge < -0.3 is 9.80 Å². The first-order valence-corrected chi connectivity index (χ1v) is 11.7. The Morgan fingerprint density at radius 2 is 1.63 bits per heavy atom. The molecule has 0 N–H and O–H groups in total. The molecule has 2 aromatic rings. The van der Waals surface area contributed by atoms with Crippen LogP contribution in [0.25, 0.3) is 0 Å². The zero-order valence-electron chi connectivity index (χ0n) is 16.9. The van der Waals surface area contributed by atoms with E-state index in [0.29, 0.717) is 19.0 Å². The highest BCUT2D eigenvalue weighted by molar-refractivity contribution is 7.88. The Labute approximate surface area is 175 Å². The number of benzene rings is 1. The van der Waals surface area contributed by atoms with Crippen LogP contribution >= 0.6 is 0 Å². The van der Waals surface area contributed by atoms with Crippen LogP contribution in [-0.4, -0.2) is 62.0 Å². The lowest BCUT2D eigenvalue weighted by Gasteiger charge is -2.34. The van der Waals surface area contributed by atoms with Gasteiger partial charge in [0.2, 0.25) is 16.0 Å². The fourth-order valence-electron chi connectivity index (χ4n) is 3.89. The fraction of sp³-hybridized carbons (Fsp3) is 0.500. The molecule has 30 heavy (non-hydrogen) atoms. The maximum absolute atomic E-state index is 13.9. The number of halogens is 2. The van der Waals surface area contributed by atoms with E-state index in [0.717, 1.165) is 55.6 Å². The van der Waals surface area contributed by atoms with Crippen LogP contribution in [0.15, 0.2) is 24.3 Å². The van der Waals surface area contributed by atoms with Gasteiger partial charge in [-0.05, 0) is 38.0 Å². The van der Waals surface area contributed by atoms with Crippen LogP contribution in [0, 0.1) is 18.6 Å². The molecular formula is C20H25F2N5O2S. The summed E-state index contributed by atoms with van der Waals surface area (Å²) in [5.41, 5.74) is 0.716.